The maximum absolute atomic E-state index is 14.6. The number of aliphatic hydroxyl groups excluding tert-OH is 4. The summed E-state index contributed by atoms with van der Waals surface area (Å²) < 4.78 is 53.0. The molecule has 19 nitrogen and oxygen atoms in total. The number of carbonyl (C=O) groups is 2. The SMILES string of the molecule is C[C@@H](Cl)[C@@H]1CN(C(=O)c2cc3cc(OCCN(C)C)ccc3[nH]2)c2cc(O[C@@H]3O[C@H](CO)[C@H](O)[C@H](O)[C@H]3O)c3cc(CNC(=O)CCNS(=O)(=O)c4ccc(-c5ncc(-c6ccc(N(C)C)cc6)o5)cc4)ccc3c21. The third kappa shape index (κ3) is 11.5. The van der Waals surface area contributed by atoms with Gasteiger partial charge in [-0.2, -0.15) is 0 Å². The zero-order chi connectivity index (χ0) is 53.3. The van der Waals surface area contributed by atoms with Crippen molar-refractivity contribution < 1.29 is 57.1 Å². The molecule has 0 saturated carbocycles. The number of H-pyrrole nitrogens is 1. The molecule has 5 aromatic carbocycles. The Morgan fingerprint density at radius 2 is 1.67 bits per heavy atom. The molecule has 0 spiro atoms. The van der Waals surface area contributed by atoms with Gasteiger partial charge in [0.2, 0.25) is 28.1 Å². The van der Waals surface area contributed by atoms with E-state index in [1.165, 1.54) is 12.1 Å². The first-order valence-corrected chi connectivity index (χ1v) is 26.3. The number of hydrogen-bond donors (Lipinski definition) is 7. The van der Waals surface area contributed by atoms with Crippen LogP contribution < -0.4 is 29.3 Å². The average Bonchev–Trinajstić information content (AvgIpc) is 4.16. The van der Waals surface area contributed by atoms with Gasteiger partial charge in [0.1, 0.15) is 48.2 Å². The van der Waals surface area contributed by atoms with E-state index in [-0.39, 0.29) is 48.5 Å². The van der Waals surface area contributed by atoms with Gasteiger partial charge in [-0.15, -0.1) is 11.6 Å². The normalized spacial score (nSPS) is 20.1. The summed E-state index contributed by atoms with van der Waals surface area (Å²) in [5.74, 6) is 0.532. The van der Waals surface area contributed by atoms with E-state index in [1.54, 1.807) is 47.5 Å². The Balaban J connectivity index is 0.910. The summed E-state index contributed by atoms with van der Waals surface area (Å²) in [6.45, 7) is 2.41. The Labute approximate surface area is 438 Å². The molecule has 1 fully saturated rings. The third-order valence-corrected chi connectivity index (χ3v) is 15.2. The van der Waals surface area contributed by atoms with Crippen molar-refractivity contribution in [2.24, 2.45) is 0 Å². The second-order valence-electron chi connectivity index (χ2n) is 19.2. The number of alkyl halides is 1. The van der Waals surface area contributed by atoms with Gasteiger partial charge in [0.25, 0.3) is 5.91 Å². The summed E-state index contributed by atoms with van der Waals surface area (Å²) in [5.41, 5.74) is 5.35. The number of hydrogen-bond acceptors (Lipinski definition) is 15. The quantitative estimate of drug-likeness (QED) is 0.0515. The largest absolute Gasteiger partial charge is 0.492 e. The molecule has 2 aliphatic rings. The van der Waals surface area contributed by atoms with Crippen LogP contribution in [-0.2, 0) is 26.1 Å². The second kappa shape index (κ2) is 22.3. The smallest absolute Gasteiger partial charge is 0.274 e. The molecular formula is C54H60ClN7O12S. The van der Waals surface area contributed by atoms with Crippen LogP contribution in [-0.4, -0.2) is 153 Å². The summed E-state index contributed by atoms with van der Waals surface area (Å²) in [6, 6.07) is 28.2. The monoisotopic (exact) mass is 1070 g/mol. The first kappa shape index (κ1) is 53.2. The highest BCUT2D eigenvalue weighted by atomic mass is 35.5. The summed E-state index contributed by atoms with van der Waals surface area (Å²) in [5, 5.41) is 46.5. The summed E-state index contributed by atoms with van der Waals surface area (Å²) in [4.78, 5) is 41.0. The molecule has 0 radical (unpaired) electrons. The number of aromatic nitrogens is 2. The van der Waals surface area contributed by atoms with Crippen LogP contribution >= 0.6 is 11.6 Å². The number of aromatic amines is 1. The summed E-state index contributed by atoms with van der Waals surface area (Å²) >= 11 is 6.91. The summed E-state index contributed by atoms with van der Waals surface area (Å²) in [6.07, 6.45) is -6.50. The summed E-state index contributed by atoms with van der Waals surface area (Å²) in [7, 11) is 3.84. The highest BCUT2D eigenvalue weighted by molar-refractivity contribution is 7.89. The number of nitrogens with one attached hydrogen (secondary N) is 3. The minimum absolute atomic E-state index is 0.00557. The Hall–Kier alpha value is -6.59. The molecule has 75 heavy (non-hydrogen) atoms. The number of rotatable bonds is 19. The number of ether oxygens (including phenoxy) is 3. The van der Waals surface area contributed by atoms with Gasteiger partial charge in [-0.3, -0.25) is 9.59 Å². The van der Waals surface area contributed by atoms with Crippen LogP contribution in [0.4, 0.5) is 11.4 Å². The fourth-order valence-corrected chi connectivity index (χ4v) is 10.5. The molecule has 4 heterocycles. The van der Waals surface area contributed by atoms with Crippen molar-refractivity contribution in [1.82, 2.24) is 24.9 Å². The molecular weight excluding hydrogens is 1010 g/mol. The van der Waals surface area contributed by atoms with E-state index in [0.29, 0.717) is 57.3 Å². The van der Waals surface area contributed by atoms with Gasteiger partial charge in [-0.05, 0) is 116 Å². The fraction of sp³-hybridized carbons (Fsp3) is 0.352. The Morgan fingerprint density at radius 1 is 0.920 bits per heavy atom. The molecule has 2 aliphatic heterocycles. The number of nitrogens with zero attached hydrogens (tertiary/aromatic N) is 4. The number of carbonyl (C=O) groups excluding carboxylic acids is 2. The number of oxazole rings is 1. The Morgan fingerprint density at radius 3 is 2.37 bits per heavy atom. The maximum Gasteiger partial charge on any atom is 0.274 e. The van der Waals surface area contributed by atoms with Crippen LogP contribution in [0.3, 0.4) is 0 Å². The molecule has 9 rings (SSSR count). The minimum Gasteiger partial charge on any atom is -0.492 e. The molecule has 21 heteroatoms. The fourth-order valence-electron chi connectivity index (χ4n) is 9.23. The number of benzene rings is 5. The number of anilines is 2. The second-order valence-corrected chi connectivity index (χ2v) is 21.7. The lowest BCUT2D eigenvalue weighted by molar-refractivity contribution is -0.277. The molecule has 7 N–H and O–H groups in total. The molecule has 396 valence electrons. The maximum atomic E-state index is 14.6. The van der Waals surface area contributed by atoms with E-state index in [0.717, 1.165) is 34.3 Å². The predicted molar refractivity (Wildman–Crippen MR) is 284 cm³/mol. The molecule has 7 aromatic rings. The molecule has 2 amide bonds. The van der Waals surface area contributed by atoms with E-state index >= 15 is 0 Å². The van der Waals surface area contributed by atoms with Crippen LogP contribution in [0.15, 0.2) is 113 Å². The molecule has 1 saturated heterocycles. The van der Waals surface area contributed by atoms with Crippen LogP contribution in [0.1, 0.15) is 40.9 Å². The number of halogens is 1. The Bertz CT molecular complexity index is 3290. The average molecular weight is 1070 g/mol. The molecule has 2 aromatic heterocycles. The van der Waals surface area contributed by atoms with Gasteiger partial charge in [0, 0.05) is 97.2 Å². The van der Waals surface area contributed by atoms with Crippen molar-refractivity contribution in [2.75, 3.05) is 70.8 Å². The minimum atomic E-state index is -3.99. The highest BCUT2D eigenvalue weighted by Gasteiger charge is 2.45. The third-order valence-electron chi connectivity index (χ3n) is 13.5. The number of likely N-dealkylation sites (N-methyl/N-ethyl adjacent to an activating group) is 1. The van der Waals surface area contributed by atoms with Gasteiger partial charge in [-0.1, -0.05) is 12.1 Å². The van der Waals surface area contributed by atoms with Crippen molar-refractivity contribution >= 4 is 66.5 Å². The number of sulfonamides is 1. The first-order valence-electron chi connectivity index (χ1n) is 24.4. The molecule has 0 unspecified atom stereocenters. The van der Waals surface area contributed by atoms with Crippen LogP contribution in [0, 0.1) is 0 Å². The lowest BCUT2D eigenvalue weighted by atomic mass is 9.91. The van der Waals surface area contributed by atoms with Crippen LogP contribution in [0.2, 0.25) is 0 Å². The zero-order valence-corrected chi connectivity index (χ0v) is 43.5. The topological polar surface area (TPSA) is 252 Å². The highest BCUT2D eigenvalue weighted by Crippen LogP contribution is 2.48. The lowest BCUT2D eigenvalue weighted by Gasteiger charge is -2.39. The van der Waals surface area contributed by atoms with Crippen molar-refractivity contribution in [1.29, 1.82) is 0 Å². The van der Waals surface area contributed by atoms with Crippen molar-refractivity contribution in [2.45, 2.75) is 66.8 Å². The van der Waals surface area contributed by atoms with Crippen LogP contribution in [0.5, 0.6) is 11.5 Å². The zero-order valence-electron chi connectivity index (χ0n) is 41.9. The van der Waals surface area contributed by atoms with Crippen molar-refractivity contribution in [3.63, 3.8) is 0 Å². The van der Waals surface area contributed by atoms with Crippen molar-refractivity contribution in [3.05, 3.63) is 120 Å². The number of amides is 2. The molecule has 0 aliphatic carbocycles. The van der Waals surface area contributed by atoms with Crippen LogP contribution in [0.25, 0.3) is 44.5 Å². The van der Waals surface area contributed by atoms with Crippen molar-refractivity contribution in [3.8, 4) is 34.3 Å². The van der Waals surface area contributed by atoms with E-state index in [2.05, 4.69) is 20.0 Å². The van der Waals surface area contributed by atoms with Gasteiger partial charge >= 0.3 is 0 Å². The van der Waals surface area contributed by atoms with Gasteiger partial charge in [-0.25, -0.2) is 18.1 Å². The standard InChI is InChI=1S/C54H60ClN7O12S/c1-30(55)40-28-62(53(68)42-24-34-23-36(13-17-41(34)59-42)71-21-20-60(2)3)43-25-44(73-54-51(67)50(66)49(65)46(29-63)74-54)39-22-31(6-16-38(39)48(40)43)26-56-47(64)18-19-58-75(69,70)37-14-9-33(10-15-37)52-57-27-45(72-52)32-7-11-35(12-8-32)61(4)5/h6-17,22-25,27,30,40,46,49-51,54,58-59,63,65-67H,18-21,26,28-29H2,1-5H3,(H,56,64)/t30-,40+,46-,49+,50+,51-,54-/m1/s1. The number of fused-ring (bicyclic) bond motifs is 4. The first-order chi connectivity index (χ1) is 35.9. The molecule has 7 atom stereocenters. The van der Waals surface area contributed by atoms with E-state index in [1.807, 2.05) is 93.4 Å². The predicted octanol–water partition coefficient (Wildman–Crippen LogP) is 5.18. The number of aliphatic hydroxyl groups is 4. The Kier molecular flexibility index (Phi) is 15.8. The van der Waals surface area contributed by atoms with Gasteiger partial charge < -0.3 is 64.1 Å². The molecule has 0 bridgehead atoms. The van der Waals surface area contributed by atoms with Gasteiger partial charge in [0.15, 0.2) is 5.76 Å². The van der Waals surface area contributed by atoms with E-state index in [9.17, 15) is 38.4 Å². The van der Waals surface area contributed by atoms with E-state index < -0.39 is 58.6 Å². The lowest BCUT2D eigenvalue weighted by Crippen LogP contribution is -2.60. The van der Waals surface area contributed by atoms with E-state index in [4.69, 9.17) is 30.2 Å². The van der Waals surface area contributed by atoms with Gasteiger partial charge in [0.05, 0.1) is 23.4 Å².